The summed E-state index contributed by atoms with van der Waals surface area (Å²) in [4.78, 5) is 89.4. The molecule has 9 N–H and O–H groups in total. The van der Waals surface area contributed by atoms with Crippen molar-refractivity contribution in [2.75, 3.05) is 11.9 Å². The Kier molecular flexibility index (Phi) is 15.5. The van der Waals surface area contributed by atoms with Gasteiger partial charge in [0, 0.05) is 42.7 Å². The molecular formula is C42H51N9O7. The maximum Gasteiger partial charge on any atom is 0.303 e. The van der Waals surface area contributed by atoms with E-state index in [1.54, 1.807) is 48.8 Å². The number of aliphatic carboxylic acids is 1. The van der Waals surface area contributed by atoms with Crippen LogP contribution in [0.5, 0.6) is 0 Å². The number of rotatable bonds is 21. The van der Waals surface area contributed by atoms with Crippen LogP contribution in [0.2, 0.25) is 0 Å². The fourth-order valence-electron chi connectivity index (χ4n) is 6.87. The number of nitrogens with one attached hydrogen (secondary N) is 6. The topological polar surface area (TPSA) is 250 Å². The second kappa shape index (κ2) is 21.1. The van der Waals surface area contributed by atoms with E-state index in [4.69, 9.17) is 5.73 Å². The summed E-state index contributed by atoms with van der Waals surface area (Å²) in [6.45, 7) is 0.387. The molecule has 0 bridgehead atoms. The van der Waals surface area contributed by atoms with E-state index >= 15 is 0 Å². The summed E-state index contributed by atoms with van der Waals surface area (Å²) in [7, 11) is 0. The average molecular weight is 794 g/mol. The molecular weight excluding hydrogens is 743 g/mol. The largest absolute Gasteiger partial charge is 0.481 e. The molecule has 16 nitrogen and oxygen atoms in total. The van der Waals surface area contributed by atoms with Crippen LogP contribution < -0.4 is 32.3 Å². The summed E-state index contributed by atoms with van der Waals surface area (Å²) in [6.07, 6.45) is 11.0. The predicted molar refractivity (Wildman–Crippen MR) is 218 cm³/mol. The number of hydrogen-bond acceptors (Lipinski definition) is 9. The van der Waals surface area contributed by atoms with Gasteiger partial charge >= 0.3 is 5.97 Å². The number of nitrogens with two attached hydrogens (primary N) is 1. The average Bonchev–Trinajstić information content (AvgIpc) is 3.63. The molecule has 0 aliphatic heterocycles. The molecule has 0 unspecified atom stereocenters. The van der Waals surface area contributed by atoms with Gasteiger partial charge in [0.1, 0.15) is 17.6 Å². The van der Waals surface area contributed by atoms with Gasteiger partial charge in [-0.2, -0.15) is 0 Å². The highest BCUT2D eigenvalue weighted by Gasteiger charge is 2.41. The number of nitrogens with zero attached hydrogens (tertiary/aromatic N) is 2. The van der Waals surface area contributed by atoms with Crippen LogP contribution in [0.3, 0.4) is 0 Å². The van der Waals surface area contributed by atoms with Crippen LogP contribution in [0, 0.1) is 0 Å². The monoisotopic (exact) mass is 793 g/mol. The van der Waals surface area contributed by atoms with Gasteiger partial charge < -0.3 is 42.4 Å². The van der Waals surface area contributed by atoms with Crippen molar-refractivity contribution >= 4 is 64.3 Å². The number of pyridine rings is 1. The summed E-state index contributed by atoms with van der Waals surface area (Å²) < 4.78 is 0. The van der Waals surface area contributed by atoms with Gasteiger partial charge in [-0.05, 0) is 86.6 Å². The van der Waals surface area contributed by atoms with Crippen molar-refractivity contribution in [3.05, 3.63) is 90.3 Å². The van der Waals surface area contributed by atoms with Crippen molar-refractivity contribution < 1.29 is 33.9 Å². The lowest BCUT2D eigenvalue weighted by Crippen LogP contribution is -2.62. The smallest absolute Gasteiger partial charge is 0.303 e. The van der Waals surface area contributed by atoms with E-state index in [0.29, 0.717) is 63.1 Å². The zero-order valence-corrected chi connectivity index (χ0v) is 32.3. The number of fused-ring (bicyclic) bond motifs is 1. The molecule has 306 valence electrons. The van der Waals surface area contributed by atoms with E-state index in [2.05, 4.69) is 41.5 Å². The Morgan fingerprint density at radius 3 is 2.38 bits per heavy atom. The van der Waals surface area contributed by atoms with Crippen LogP contribution in [0.15, 0.2) is 79.1 Å². The summed E-state index contributed by atoms with van der Waals surface area (Å²) >= 11 is 0. The maximum absolute atomic E-state index is 14.0. The molecule has 2 aromatic carbocycles. The highest BCUT2D eigenvalue weighted by molar-refractivity contribution is 5.99. The minimum atomic E-state index is -1.27. The number of para-hydroxylation sites is 2. The van der Waals surface area contributed by atoms with Gasteiger partial charge in [-0.15, -0.1) is 0 Å². The summed E-state index contributed by atoms with van der Waals surface area (Å²) in [6, 6.07) is 15.5. The van der Waals surface area contributed by atoms with E-state index in [0.717, 1.165) is 23.0 Å². The van der Waals surface area contributed by atoms with Gasteiger partial charge in [-0.1, -0.05) is 56.4 Å². The Hall–Kier alpha value is -6.58. The fraction of sp³-hybridized carbons (Fsp3) is 0.381. The molecule has 1 saturated carbocycles. The third-order valence-corrected chi connectivity index (χ3v) is 10.0. The molecule has 4 aromatic rings. The van der Waals surface area contributed by atoms with E-state index in [9.17, 15) is 33.9 Å². The first-order valence-corrected chi connectivity index (χ1v) is 19.6. The van der Waals surface area contributed by atoms with Gasteiger partial charge in [0.15, 0.2) is 0 Å². The number of aromatic nitrogens is 3. The second-order valence-corrected chi connectivity index (χ2v) is 14.4. The standard InChI is InChI=1S/C42H51N9O7/c43-40(58)42(22-6-2-7-23-42)51-39(57)34(18-10-19-36(53)54)48-38(56)33(17-3-1-8-25-45-35(52)21-20-28-12-11-24-44-27-28)47-37(55)29-13-9-14-30(26-29)46-41-49-31-15-4-5-16-32(31)50-41/h4-5,9,11-16,20-21,24,26-27,33-34H,1-3,6-8,10,17-19,22-23,25H2,(H2,43,58)(H,45,52)(H,47,55)(H,48,56)(H,51,57)(H,53,54)(H2,46,49,50)/b21-20+/t33-,34-/m1/s1. The molecule has 1 aliphatic carbocycles. The first-order chi connectivity index (χ1) is 28.0. The lowest BCUT2D eigenvalue weighted by molar-refractivity contribution is -0.137. The van der Waals surface area contributed by atoms with Gasteiger partial charge in [0.05, 0.1) is 11.0 Å². The first kappa shape index (κ1) is 42.6. The number of amides is 5. The molecule has 0 spiro atoms. The van der Waals surface area contributed by atoms with Crippen molar-refractivity contribution in [3.8, 4) is 0 Å². The van der Waals surface area contributed by atoms with Crippen molar-refractivity contribution in [3.63, 3.8) is 0 Å². The van der Waals surface area contributed by atoms with Crippen molar-refractivity contribution in [2.24, 2.45) is 5.73 Å². The van der Waals surface area contributed by atoms with Crippen LogP contribution in [0.1, 0.15) is 93.0 Å². The van der Waals surface area contributed by atoms with Crippen LogP contribution in [-0.4, -0.2) is 79.7 Å². The maximum atomic E-state index is 14.0. The molecule has 16 heteroatoms. The third-order valence-electron chi connectivity index (χ3n) is 10.0. The predicted octanol–water partition coefficient (Wildman–Crippen LogP) is 4.23. The number of unbranched alkanes of at least 4 members (excludes halogenated alkanes) is 2. The molecule has 1 aliphatic rings. The van der Waals surface area contributed by atoms with Crippen LogP contribution in [0.4, 0.5) is 11.6 Å². The van der Waals surface area contributed by atoms with E-state index in [1.807, 2.05) is 30.3 Å². The second-order valence-electron chi connectivity index (χ2n) is 14.4. The van der Waals surface area contributed by atoms with Gasteiger partial charge in [-0.3, -0.25) is 33.8 Å². The van der Waals surface area contributed by atoms with Crippen molar-refractivity contribution in [1.29, 1.82) is 0 Å². The number of imidazole rings is 1. The Bertz CT molecular complexity index is 2050. The molecule has 2 aromatic heterocycles. The number of carbonyl (C=O) groups is 6. The molecule has 5 amide bonds. The van der Waals surface area contributed by atoms with Crippen LogP contribution in [-0.2, 0) is 24.0 Å². The number of aromatic amines is 1. The Labute approximate surface area is 336 Å². The fourth-order valence-corrected chi connectivity index (χ4v) is 6.87. The number of benzene rings is 2. The number of carboxylic acids is 1. The minimum Gasteiger partial charge on any atom is -0.481 e. The van der Waals surface area contributed by atoms with Crippen LogP contribution in [0.25, 0.3) is 17.1 Å². The number of H-pyrrole nitrogens is 1. The normalized spacial score (nSPS) is 14.6. The molecule has 2 heterocycles. The summed E-state index contributed by atoms with van der Waals surface area (Å²) in [5, 5.41) is 23.6. The van der Waals surface area contributed by atoms with Crippen LogP contribution >= 0.6 is 0 Å². The van der Waals surface area contributed by atoms with Gasteiger partial charge in [0.25, 0.3) is 5.91 Å². The number of carbonyl (C=O) groups excluding carboxylic acids is 5. The van der Waals surface area contributed by atoms with Gasteiger partial charge in [-0.25, -0.2) is 4.98 Å². The number of primary amides is 1. The zero-order chi connectivity index (χ0) is 41.3. The summed E-state index contributed by atoms with van der Waals surface area (Å²) in [5.74, 6) is -3.34. The zero-order valence-electron chi connectivity index (χ0n) is 32.3. The highest BCUT2D eigenvalue weighted by Crippen LogP contribution is 2.28. The van der Waals surface area contributed by atoms with Crippen molar-refractivity contribution in [1.82, 2.24) is 36.2 Å². The van der Waals surface area contributed by atoms with Crippen molar-refractivity contribution in [2.45, 2.75) is 94.7 Å². The first-order valence-electron chi connectivity index (χ1n) is 19.6. The molecule has 5 rings (SSSR count). The Morgan fingerprint density at radius 2 is 1.64 bits per heavy atom. The lowest BCUT2D eigenvalue weighted by atomic mass is 9.80. The third kappa shape index (κ3) is 12.7. The molecule has 1 fully saturated rings. The number of anilines is 2. The summed E-state index contributed by atoms with van der Waals surface area (Å²) in [5.41, 5.74) is 7.73. The van der Waals surface area contributed by atoms with E-state index < -0.39 is 47.2 Å². The molecule has 0 saturated heterocycles. The Balaban J connectivity index is 1.26. The molecule has 0 radical (unpaired) electrons. The highest BCUT2D eigenvalue weighted by atomic mass is 16.4. The molecule has 2 atom stereocenters. The van der Waals surface area contributed by atoms with E-state index in [-0.39, 0.29) is 37.2 Å². The Morgan fingerprint density at radius 1 is 0.862 bits per heavy atom. The number of carboxylic acid groups (broad SMARTS) is 1. The minimum absolute atomic E-state index is 0.0240. The quantitative estimate of drug-likeness (QED) is 0.0440. The SMILES string of the molecule is NC(=O)C1(NC(=O)[C@@H](CCCC(=O)O)NC(=O)[C@@H](CCCCCNC(=O)/C=C/c2cccnc2)NC(=O)c2cccc(Nc3nc4ccccc4[nH]3)c2)CCCCC1. The van der Waals surface area contributed by atoms with Gasteiger partial charge in [0.2, 0.25) is 29.6 Å². The number of hydrogen-bond donors (Lipinski definition) is 8. The lowest BCUT2D eigenvalue weighted by Gasteiger charge is -2.36. The van der Waals surface area contributed by atoms with E-state index in [1.165, 1.54) is 6.08 Å². The molecule has 58 heavy (non-hydrogen) atoms.